The first kappa shape index (κ1) is 12.4. The third kappa shape index (κ3) is 3.46. The van der Waals surface area contributed by atoms with Crippen LogP contribution in [0.4, 0.5) is 5.69 Å². The van der Waals surface area contributed by atoms with Crippen molar-refractivity contribution in [2.45, 2.75) is 13.3 Å². The number of hydrogen-bond donors (Lipinski definition) is 1. The van der Waals surface area contributed by atoms with Gasteiger partial charge in [-0.25, -0.2) is 0 Å². The zero-order valence-corrected chi connectivity index (χ0v) is 11.5. The molecule has 0 unspecified atom stereocenters. The lowest BCUT2D eigenvalue weighted by Crippen LogP contribution is -2.29. The van der Waals surface area contributed by atoms with Crippen LogP contribution in [0, 0.1) is 5.92 Å². The number of rotatable bonds is 3. The van der Waals surface area contributed by atoms with Crippen molar-refractivity contribution >= 4 is 27.5 Å². The number of halogens is 1. The first-order valence-electron chi connectivity index (χ1n) is 5.90. The molecule has 1 aliphatic heterocycles. The van der Waals surface area contributed by atoms with Crippen LogP contribution >= 0.6 is 15.9 Å². The highest BCUT2D eigenvalue weighted by Crippen LogP contribution is 2.25. The lowest BCUT2D eigenvalue weighted by molar-refractivity contribution is -0.119. The molecule has 0 radical (unpaired) electrons. The Morgan fingerprint density at radius 3 is 3.12 bits per heavy atom. The molecule has 1 atom stereocenters. The molecule has 17 heavy (non-hydrogen) atoms. The number of hydrogen-bond acceptors (Lipinski definition) is 2. The average Bonchev–Trinajstić information content (AvgIpc) is 2.75. The largest absolute Gasteiger partial charge is 0.371 e. The highest BCUT2D eigenvalue weighted by Gasteiger charge is 2.22. The van der Waals surface area contributed by atoms with Crippen LogP contribution in [0.2, 0.25) is 0 Å². The molecule has 0 bridgehead atoms. The van der Waals surface area contributed by atoms with Crippen LogP contribution in [0.25, 0.3) is 0 Å². The van der Waals surface area contributed by atoms with Gasteiger partial charge < -0.3 is 10.2 Å². The summed E-state index contributed by atoms with van der Waals surface area (Å²) < 4.78 is 1.11. The van der Waals surface area contributed by atoms with Crippen LogP contribution in [-0.2, 0) is 4.79 Å². The number of carbonyl (C=O) groups is 1. The SMILES string of the molecule is CC(=O)NC[C@@H]1CCN(c2cccc(Br)c2)C1. The molecule has 1 heterocycles. The van der Waals surface area contributed by atoms with Gasteiger partial charge >= 0.3 is 0 Å². The first-order chi connectivity index (χ1) is 8.15. The van der Waals surface area contributed by atoms with Gasteiger partial charge in [-0.15, -0.1) is 0 Å². The van der Waals surface area contributed by atoms with Gasteiger partial charge in [0.25, 0.3) is 0 Å². The van der Waals surface area contributed by atoms with Gasteiger partial charge in [-0.2, -0.15) is 0 Å². The predicted molar refractivity (Wildman–Crippen MR) is 73.1 cm³/mol. The summed E-state index contributed by atoms with van der Waals surface area (Å²) in [6.45, 7) is 4.46. The second kappa shape index (κ2) is 5.54. The Morgan fingerprint density at radius 1 is 1.59 bits per heavy atom. The van der Waals surface area contributed by atoms with E-state index in [0.29, 0.717) is 5.92 Å². The molecular weight excluding hydrogens is 280 g/mol. The summed E-state index contributed by atoms with van der Waals surface area (Å²) in [5.74, 6) is 0.629. The van der Waals surface area contributed by atoms with Crippen molar-refractivity contribution < 1.29 is 4.79 Å². The fourth-order valence-electron chi connectivity index (χ4n) is 2.19. The number of anilines is 1. The highest BCUT2D eigenvalue weighted by molar-refractivity contribution is 9.10. The summed E-state index contributed by atoms with van der Waals surface area (Å²) in [6, 6.07) is 8.36. The van der Waals surface area contributed by atoms with Gasteiger partial charge in [-0.1, -0.05) is 22.0 Å². The zero-order valence-electron chi connectivity index (χ0n) is 9.95. The molecule has 1 fully saturated rings. The molecule has 1 aromatic carbocycles. The van der Waals surface area contributed by atoms with E-state index >= 15 is 0 Å². The zero-order chi connectivity index (χ0) is 12.3. The number of benzene rings is 1. The summed E-state index contributed by atoms with van der Waals surface area (Å²) in [5, 5.41) is 2.90. The predicted octanol–water partition coefficient (Wildman–Crippen LogP) is 2.41. The van der Waals surface area contributed by atoms with Crippen molar-refractivity contribution in [3.8, 4) is 0 Å². The Hall–Kier alpha value is -1.03. The van der Waals surface area contributed by atoms with Crippen LogP contribution in [0.5, 0.6) is 0 Å². The second-order valence-corrected chi connectivity index (χ2v) is 5.43. The fourth-order valence-corrected chi connectivity index (χ4v) is 2.58. The third-order valence-electron chi connectivity index (χ3n) is 3.10. The van der Waals surface area contributed by atoms with Crippen molar-refractivity contribution in [3.63, 3.8) is 0 Å². The van der Waals surface area contributed by atoms with Gasteiger partial charge in [0, 0.05) is 36.7 Å². The maximum Gasteiger partial charge on any atom is 0.216 e. The number of nitrogens with zero attached hydrogens (tertiary/aromatic N) is 1. The maximum atomic E-state index is 10.9. The quantitative estimate of drug-likeness (QED) is 0.929. The van der Waals surface area contributed by atoms with E-state index in [2.05, 4.69) is 44.3 Å². The summed E-state index contributed by atoms with van der Waals surface area (Å²) in [7, 11) is 0. The Labute approximate surface area is 110 Å². The monoisotopic (exact) mass is 296 g/mol. The maximum absolute atomic E-state index is 10.9. The molecule has 0 saturated carbocycles. The number of amides is 1. The fraction of sp³-hybridized carbons (Fsp3) is 0.462. The minimum Gasteiger partial charge on any atom is -0.371 e. The van der Waals surface area contributed by atoms with E-state index in [-0.39, 0.29) is 5.91 Å². The number of nitrogens with one attached hydrogen (secondary N) is 1. The van der Waals surface area contributed by atoms with Crippen molar-refractivity contribution in [3.05, 3.63) is 28.7 Å². The van der Waals surface area contributed by atoms with Crippen molar-refractivity contribution in [1.82, 2.24) is 5.32 Å². The van der Waals surface area contributed by atoms with Gasteiger partial charge in [-0.05, 0) is 30.5 Å². The van der Waals surface area contributed by atoms with Gasteiger partial charge in [0.05, 0.1) is 0 Å². The Kier molecular flexibility index (Phi) is 4.05. The standard InChI is InChI=1S/C13H17BrN2O/c1-10(17)15-8-11-5-6-16(9-11)13-4-2-3-12(14)7-13/h2-4,7,11H,5-6,8-9H2,1H3,(H,15,17)/t11-/m0/s1. The molecule has 92 valence electrons. The normalized spacial score (nSPS) is 19.4. The summed E-state index contributed by atoms with van der Waals surface area (Å²) in [4.78, 5) is 13.2. The number of carbonyl (C=O) groups excluding carboxylic acids is 1. The Balaban J connectivity index is 1.91. The average molecular weight is 297 g/mol. The minimum atomic E-state index is 0.0610. The molecule has 1 amide bonds. The van der Waals surface area contributed by atoms with Crippen LogP contribution < -0.4 is 10.2 Å². The molecule has 1 aliphatic rings. The van der Waals surface area contributed by atoms with E-state index in [0.717, 1.165) is 30.5 Å². The molecule has 0 aliphatic carbocycles. The molecule has 2 rings (SSSR count). The van der Waals surface area contributed by atoms with Gasteiger partial charge in [0.2, 0.25) is 5.91 Å². The van der Waals surface area contributed by atoms with E-state index in [9.17, 15) is 4.79 Å². The van der Waals surface area contributed by atoms with Gasteiger partial charge in [-0.3, -0.25) is 4.79 Å². The summed E-state index contributed by atoms with van der Waals surface area (Å²) in [6.07, 6.45) is 1.15. The molecule has 0 aromatic heterocycles. The van der Waals surface area contributed by atoms with Crippen LogP contribution in [0.15, 0.2) is 28.7 Å². The third-order valence-corrected chi connectivity index (χ3v) is 3.59. The Bertz CT molecular complexity index is 408. The Morgan fingerprint density at radius 2 is 2.41 bits per heavy atom. The molecular formula is C13H17BrN2O. The van der Waals surface area contributed by atoms with Crippen LogP contribution in [0.3, 0.4) is 0 Å². The minimum absolute atomic E-state index is 0.0610. The lowest BCUT2D eigenvalue weighted by atomic mass is 10.1. The van der Waals surface area contributed by atoms with Crippen LogP contribution in [-0.4, -0.2) is 25.5 Å². The summed E-state index contributed by atoms with van der Waals surface area (Å²) in [5.41, 5.74) is 1.25. The molecule has 1 aromatic rings. The molecule has 1 saturated heterocycles. The molecule has 0 spiro atoms. The molecule has 3 nitrogen and oxygen atoms in total. The van der Waals surface area contributed by atoms with Crippen molar-refractivity contribution in [1.29, 1.82) is 0 Å². The summed E-state index contributed by atoms with van der Waals surface area (Å²) >= 11 is 3.49. The smallest absolute Gasteiger partial charge is 0.216 e. The van der Waals surface area contributed by atoms with E-state index < -0.39 is 0 Å². The van der Waals surface area contributed by atoms with E-state index in [4.69, 9.17) is 0 Å². The van der Waals surface area contributed by atoms with E-state index in [1.807, 2.05) is 6.07 Å². The van der Waals surface area contributed by atoms with Gasteiger partial charge in [0.15, 0.2) is 0 Å². The van der Waals surface area contributed by atoms with E-state index in [1.165, 1.54) is 5.69 Å². The first-order valence-corrected chi connectivity index (χ1v) is 6.69. The lowest BCUT2D eigenvalue weighted by Gasteiger charge is -2.19. The second-order valence-electron chi connectivity index (χ2n) is 4.52. The van der Waals surface area contributed by atoms with E-state index in [1.54, 1.807) is 6.92 Å². The van der Waals surface area contributed by atoms with Crippen molar-refractivity contribution in [2.75, 3.05) is 24.5 Å². The van der Waals surface area contributed by atoms with Gasteiger partial charge in [0.1, 0.15) is 0 Å². The highest BCUT2D eigenvalue weighted by atomic mass is 79.9. The topological polar surface area (TPSA) is 32.3 Å². The molecule has 1 N–H and O–H groups in total. The van der Waals surface area contributed by atoms with Crippen molar-refractivity contribution in [2.24, 2.45) is 5.92 Å². The van der Waals surface area contributed by atoms with Crippen LogP contribution in [0.1, 0.15) is 13.3 Å². The molecule has 4 heteroatoms.